The van der Waals surface area contributed by atoms with Crippen LogP contribution in [0.25, 0.3) is 6.08 Å². The van der Waals surface area contributed by atoms with E-state index in [-0.39, 0.29) is 12.4 Å². The van der Waals surface area contributed by atoms with Gasteiger partial charge in [-0.2, -0.15) is 5.26 Å². The van der Waals surface area contributed by atoms with Crippen LogP contribution in [0.15, 0.2) is 52.5 Å². The molecule has 0 fully saturated rings. The Bertz CT molecular complexity index is 841. The van der Waals surface area contributed by atoms with Crippen molar-refractivity contribution < 1.29 is 14.3 Å². The quantitative estimate of drug-likeness (QED) is 0.647. The summed E-state index contributed by atoms with van der Waals surface area (Å²) in [6.07, 6.45) is 1.52. The maximum Gasteiger partial charge on any atom is 0.262 e. The van der Waals surface area contributed by atoms with Crippen molar-refractivity contribution in [1.29, 1.82) is 5.26 Å². The second-order valence-corrected chi connectivity index (χ2v) is 5.93. The molecule has 0 saturated heterocycles. The van der Waals surface area contributed by atoms with E-state index in [0.29, 0.717) is 28.1 Å². The van der Waals surface area contributed by atoms with Crippen LogP contribution in [-0.2, 0) is 11.3 Å². The van der Waals surface area contributed by atoms with Crippen LogP contribution in [0.2, 0.25) is 0 Å². The van der Waals surface area contributed by atoms with E-state index < -0.39 is 5.91 Å². The van der Waals surface area contributed by atoms with Gasteiger partial charge in [-0.3, -0.25) is 4.79 Å². The van der Waals surface area contributed by atoms with Gasteiger partial charge in [-0.05, 0) is 45.3 Å². The predicted octanol–water partition coefficient (Wildman–Crippen LogP) is 3.40. The molecule has 0 unspecified atom stereocenters. The number of ether oxygens (including phenoxy) is 2. The predicted molar refractivity (Wildman–Crippen MR) is 92.1 cm³/mol. The average molecular weight is 385 g/mol. The number of rotatable bonds is 4. The lowest BCUT2D eigenvalue weighted by atomic mass is 10.1. The van der Waals surface area contributed by atoms with E-state index in [9.17, 15) is 10.1 Å². The highest BCUT2D eigenvalue weighted by Crippen LogP contribution is 2.40. The molecule has 5 nitrogen and oxygen atoms in total. The van der Waals surface area contributed by atoms with Gasteiger partial charge in [0.1, 0.15) is 11.6 Å². The molecule has 0 saturated carbocycles. The van der Waals surface area contributed by atoms with E-state index in [1.54, 1.807) is 12.1 Å². The van der Waals surface area contributed by atoms with Crippen molar-refractivity contribution in [2.75, 3.05) is 6.79 Å². The largest absolute Gasteiger partial charge is 0.454 e. The summed E-state index contributed by atoms with van der Waals surface area (Å²) in [5, 5.41) is 12.0. The van der Waals surface area contributed by atoms with Gasteiger partial charge in [-0.25, -0.2) is 0 Å². The Balaban J connectivity index is 1.76. The molecule has 0 atom stereocenters. The van der Waals surface area contributed by atoms with Gasteiger partial charge in [-0.1, -0.05) is 30.3 Å². The lowest BCUT2D eigenvalue weighted by Crippen LogP contribution is -2.23. The molecule has 3 rings (SSSR count). The first kappa shape index (κ1) is 16.1. The van der Waals surface area contributed by atoms with E-state index in [2.05, 4.69) is 21.2 Å². The van der Waals surface area contributed by atoms with Crippen LogP contribution in [0.3, 0.4) is 0 Å². The minimum Gasteiger partial charge on any atom is -0.454 e. The highest BCUT2D eigenvalue weighted by molar-refractivity contribution is 9.10. The SMILES string of the molecule is N#C/C(=C\c1cc(Br)c2c(c1)OCO2)C(=O)NCc1ccccc1. The zero-order valence-electron chi connectivity index (χ0n) is 12.6. The van der Waals surface area contributed by atoms with E-state index in [4.69, 9.17) is 9.47 Å². The summed E-state index contributed by atoms with van der Waals surface area (Å²) in [5.74, 6) is 0.784. The zero-order chi connectivity index (χ0) is 16.9. The lowest BCUT2D eigenvalue weighted by molar-refractivity contribution is -0.117. The fourth-order valence-corrected chi connectivity index (χ4v) is 2.83. The van der Waals surface area contributed by atoms with Gasteiger partial charge >= 0.3 is 0 Å². The second-order valence-electron chi connectivity index (χ2n) is 5.07. The first-order valence-electron chi connectivity index (χ1n) is 7.20. The Labute approximate surface area is 147 Å². The van der Waals surface area contributed by atoms with Crippen LogP contribution in [0.5, 0.6) is 11.5 Å². The van der Waals surface area contributed by atoms with Crippen molar-refractivity contribution >= 4 is 27.9 Å². The number of nitrogens with zero attached hydrogens (tertiary/aromatic N) is 1. The van der Waals surface area contributed by atoms with Crippen molar-refractivity contribution in [2.45, 2.75) is 6.54 Å². The molecular formula is C18H13BrN2O3. The Morgan fingerprint density at radius 2 is 2.08 bits per heavy atom. The zero-order valence-corrected chi connectivity index (χ0v) is 14.2. The van der Waals surface area contributed by atoms with Gasteiger partial charge in [0, 0.05) is 6.54 Å². The Morgan fingerprint density at radius 3 is 2.83 bits per heavy atom. The third-order valence-corrected chi connectivity index (χ3v) is 4.01. The molecule has 1 aliphatic rings. The number of hydrogen-bond donors (Lipinski definition) is 1. The van der Waals surface area contributed by atoms with Crippen molar-refractivity contribution in [1.82, 2.24) is 5.32 Å². The number of halogens is 1. The molecule has 0 radical (unpaired) electrons. The molecule has 120 valence electrons. The summed E-state index contributed by atoms with van der Waals surface area (Å²) < 4.78 is 11.4. The molecule has 0 bridgehead atoms. The van der Waals surface area contributed by atoms with Crippen molar-refractivity contribution in [2.24, 2.45) is 0 Å². The standard InChI is InChI=1S/C18H13BrN2O3/c19-15-7-13(8-16-17(15)24-11-23-16)6-14(9-20)18(22)21-10-12-4-2-1-3-5-12/h1-8H,10-11H2,(H,21,22)/b14-6+. The molecule has 2 aromatic rings. The van der Waals surface area contributed by atoms with E-state index in [1.165, 1.54) is 6.08 Å². The summed E-state index contributed by atoms with van der Waals surface area (Å²) in [7, 11) is 0. The number of nitriles is 1. The maximum absolute atomic E-state index is 12.2. The van der Waals surface area contributed by atoms with Gasteiger partial charge in [0.25, 0.3) is 5.91 Å². The number of carbonyl (C=O) groups excluding carboxylic acids is 1. The molecule has 0 aromatic heterocycles. The second kappa shape index (κ2) is 7.20. The number of amides is 1. The number of nitrogens with one attached hydrogen (secondary N) is 1. The molecule has 2 aromatic carbocycles. The lowest BCUT2D eigenvalue weighted by Gasteiger charge is -2.05. The smallest absolute Gasteiger partial charge is 0.262 e. The van der Waals surface area contributed by atoms with Gasteiger partial charge in [0.2, 0.25) is 6.79 Å². The number of hydrogen-bond acceptors (Lipinski definition) is 4. The molecule has 0 spiro atoms. The molecule has 1 N–H and O–H groups in total. The minimum atomic E-state index is -0.421. The van der Waals surface area contributed by atoms with Crippen molar-refractivity contribution in [3.8, 4) is 17.6 Å². The molecule has 1 amide bonds. The van der Waals surface area contributed by atoms with Gasteiger partial charge in [0.15, 0.2) is 11.5 Å². The number of benzene rings is 2. The van der Waals surface area contributed by atoms with Crippen LogP contribution in [-0.4, -0.2) is 12.7 Å². The highest BCUT2D eigenvalue weighted by atomic mass is 79.9. The highest BCUT2D eigenvalue weighted by Gasteiger charge is 2.18. The molecule has 0 aliphatic carbocycles. The molecule has 24 heavy (non-hydrogen) atoms. The van der Waals surface area contributed by atoms with E-state index in [1.807, 2.05) is 36.4 Å². The summed E-state index contributed by atoms with van der Waals surface area (Å²) in [6.45, 7) is 0.521. The maximum atomic E-state index is 12.2. The normalized spacial score (nSPS) is 12.6. The molecule has 1 heterocycles. The van der Waals surface area contributed by atoms with Gasteiger partial charge in [0.05, 0.1) is 4.47 Å². The van der Waals surface area contributed by atoms with Crippen LogP contribution >= 0.6 is 15.9 Å². The first-order valence-corrected chi connectivity index (χ1v) is 8.00. The summed E-state index contributed by atoms with van der Waals surface area (Å²) in [6, 6.07) is 15.0. The van der Waals surface area contributed by atoms with E-state index in [0.717, 1.165) is 5.56 Å². The van der Waals surface area contributed by atoms with Crippen molar-refractivity contribution in [3.05, 3.63) is 63.6 Å². The topological polar surface area (TPSA) is 71.3 Å². The van der Waals surface area contributed by atoms with Gasteiger partial charge in [-0.15, -0.1) is 0 Å². The van der Waals surface area contributed by atoms with Crippen LogP contribution in [0, 0.1) is 11.3 Å². The fraction of sp³-hybridized carbons (Fsp3) is 0.111. The van der Waals surface area contributed by atoms with Crippen LogP contribution in [0.1, 0.15) is 11.1 Å². The number of fused-ring (bicyclic) bond motifs is 1. The third-order valence-electron chi connectivity index (χ3n) is 3.42. The monoisotopic (exact) mass is 384 g/mol. The third kappa shape index (κ3) is 3.58. The fourth-order valence-electron chi connectivity index (χ4n) is 2.26. The Morgan fingerprint density at radius 1 is 1.29 bits per heavy atom. The van der Waals surface area contributed by atoms with E-state index >= 15 is 0 Å². The van der Waals surface area contributed by atoms with Crippen LogP contribution in [0.4, 0.5) is 0 Å². The molecule has 1 aliphatic heterocycles. The number of carbonyl (C=O) groups is 1. The summed E-state index contributed by atoms with van der Waals surface area (Å²) in [4.78, 5) is 12.2. The van der Waals surface area contributed by atoms with Gasteiger partial charge < -0.3 is 14.8 Å². The average Bonchev–Trinajstić information content (AvgIpc) is 3.07. The minimum absolute atomic E-state index is 0.0247. The van der Waals surface area contributed by atoms with Crippen LogP contribution < -0.4 is 14.8 Å². The molecular weight excluding hydrogens is 372 g/mol. The van der Waals surface area contributed by atoms with Crippen molar-refractivity contribution in [3.63, 3.8) is 0 Å². The summed E-state index contributed by atoms with van der Waals surface area (Å²) in [5.41, 5.74) is 1.67. The Kier molecular flexibility index (Phi) is 4.82. The summed E-state index contributed by atoms with van der Waals surface area (Å²) >= 11 is 3.39. The first-order chi connectivity index (χ1) is 11.7. The molecule has 6 heteroatoms. The Hall–Kier alpha value is -2.78.